The number of amides is 2. The Bertz CT molecular complexity index is 826. The Balaban J connectivity index is 2.14. The molecule has 0 aliphatic carbocycles. The zero-order valence-electron chi connectivity index (χ0n) is 14.5. The molecule has 5 heteroatoms. The second-order valence-corrected chi connectivity index (χ2v) is 5.70. The summed E-state index contributed by atoms with van der Waals surface area (Å²) in [5.41, 5.74) is 2.36. The standard InChI is InChI=1S/C20H20N2O3/c1-4-22-19(23)17(14-10-12-16(25-3)13-11-14)18(20(22)24)21(2)15-8-6-5-7-9-15/h5-13H,4H2,1-3H3. The topological polar surface area (TPSA) is 49.9 Å². The molecule has 0 bridgehead atoms. The summed E-state index contributed by atoms with van der Waals surface area (Å²) < 4.78 is 5.18. The van der Waals surface area contributed by atoms with E-state index in [9.17, 15) is 9.59 Å². The smallest absolute Gasteiger partial charge is 0.278 e. The highest BCUT2D eigenvalue weighted by atomic mass is 16.5. The van der Waals surface area contributed by atoms with Crippen molar-refractivity contribution in [2.24, 2.45) is 0 Å². The summed E-state index contributed by atoms with van der Waals surface area (Å²) in [6.45, 7) is 2.14. The van der Waals surface area contributed by atoms with Crippen molar-refractivity contribution in [3.8, 4) is 5.75 Å². The number of anilines is 1. The number of carbonyl (C=O) groups excluding carboxylic acids is 2. The van der Waals surface area contributed by atoms with Crippen molar-refractivity contribution >= 4 is 23.1 Å². The zero-order valence-corrected chi connectivity index (χ0v) is 14.5. The van der Waals surface area contributed by atoms with E-state index < -0.39 is 0 Å². The third-order valence-electron chi connectivity index (χ3n) is 4.32. The molecule has 1 aliphatic rings. The number of hydrogen-bond donors (Lipinski definition) is 0. The normalized spacial score (nSPS) is 14.3. The summed E-state index contributed by atoms with van der Waals surface area (Å²) in [6.07, 6.45) is 0. The van der Waals surface area contributed by atoms with Crippen LogP contribution in [0.3, 0.4) is 0 Å². The maximum atomic E-state index is 12.8. The van der Waals surface area contributed by atoms with Crippen LogP contribution in [0, 0.1) is 0 Å². The number of carbonyl (C=O) groups is 2. The van der Waals surface area contributed by atoms with Gasteiger partial charge in [0.1, 0.15) is 11.4 Å². The molecule has 0 radical (unpaired) electrons. The summed E-state index contributed by atoms with van der Waals surface area (Å²) in [5.74, 6) is 0.159. The Morgan fingerprint density at radius 1 is 0.960 bits per heavy atom. The third kappa shape index (κ3) is 2.89. The van der Waals surface area contributed by atoms with Crippen molar-refractivity contribution in [1.82, 2.24) is 4.90 Å². The lowest BCUT2D eigenvalue weighted by atomic mass is 10.0. The van der Waals surface area contributed by atoms with Crippen LogP contribution in [0.15, 0.2) is 60.3 Å². The zero-order chi connectivity index (χ0) is 18.0. The van der Waals surface area contributed by atoms with Gasteiger partial charge in [-0.25, -0.2) is 0 Å². The number of benzene rings is 2. The maximum Gasteiger partial charge on any atom is 0.278 e. The number of para-hydroxylation sites is 1. The molecule has 2 aromatic carbocycles. The van der Waals surface area contributed by atoms with Crippen molar-refractivity contribution < 1.29 is 14.3 Å². The molecule has 1 aliphatic heterocycles. The van der Waals surface area contributed by atoms with Crippen LogP contribution in [-0.2, 0) is 9.59 Å². The molecular formula is C20H20N2O3. The van der Waals surface area contributed by atoms with Gasteiger partial charge in [-0.15, -0.1) is 0 Å². The van der Waals surface area contributed by atoms with Gasteiger partial charge in [-0.2, -0.15) is 0 Å². The predicted molar refractivity (Wildman–Crippen MR) is 97.2 cm³/mol. The maximum absolute atomic E-state index is 12.8. The number of nitrogens with zero attached hydrogens (tertiary/aromatic N) is 2. The lowest BCUT2D eigenvalue weighted by Gasteiger charge is -2.21. The third-order valence-corrected chi connectivity index (χ3v) is 4.32. The molecule has 3 rings (SSSR count). The highest BCUT2D eigenvalue weighted by Gasteiger charge is 2.40. The van der Waals surface area contributed by atoms with Crippen molar-refractivity contribution in [3.63, 3.8) is 0 Å². The molecule has 2 aromatic rings. The highest BCUT2D eigenvalue weighted by molar-refractivity contribution is 6.36. The molecule has 1 heterocycles. The summed E-state index contributed by atoms with van der Waals surface area (Å²) >= 11 is 0. The van der Waals surface area contributed by atoms with Gasteiger partial charge in [0.25, 0.3) is 11.8 Å². The van der Waals surface area contributed by atoms with Crippen molar-refractivity contribution in [2.45, 2.75) is 6.92 Å². The van der Waals surface area contributed by atoms with Crippen LogP contribution in [0.1, 0.15) is 12.5 Å². The minimum absolute atomic E-state index is 0.268. The number of methoxy groups -OCH3 is 1. The van der Waals surface area contributed by atoms with E-state index in [2.05, 4.69) is 0 Å². The van der Waals surface area contributed by atoms with Gasteiger partial charge >= 0.3 is 0 Å². The number of imide groups is 1. The fourth-order valence-electron chi connectivity index (χ4n) is 2.96. The van der Waals surface area contributed by atoms with E-state index in [1.54, 1.807) is 50.2 Å². The van der Waals surface area contributed by atoms with Gasteiger partial charge in [0.2, 0.25) is 0 Å². The minimum atomic E-state index is -0.273. The second-order valence-electron chi connectivity index (χ2n) is 5.70. The monoisotopic (exact) mass is 336 g/mol. The first-order valence-corrected chi connectivity index (χ1v) is 8.12. The predicted octanol–water partition coefficient (Wildman–Crippen LogP) is 2.93. The lowest BCUT2D eigenvalue weighted by Crippen LogP contribution is -2.33. The van der Waals surface area contributed by atoms with Crippen LogP contribution < -0.4 is 9.64 Å². The molecule has 0 aromatic heterocycles. The van der Waals surface area contributed by atoms with Crippen LogP contribution in [0.4, 0.5) is 5.69 Å². The van der Waals surface area contributed by atoms with Crippen LogP contribution >= 0.6 is 0 Å². The molecular weight excluding hydrogens is 316 g/mol. The Morgan fingerprint density at radius 3 is 2.16 bits per heavy atom. The summed E-state index contributed by atoms with van der Waals surface area (Å²) in [6, 6.07) is 16.7. The van der Waals surface area contributed by atoms with Gasteiger partial charge in [0, 0.05) is 19.3 Å². The van der Waals surface area contributed by atoms with Gasteiger partial charge in [0.15, 0.2) is 0 Å². The van der Waals surface area contributed by atoms with Gasteiger partial charge in [-0.1, -0.05) is 30.3 Å². The first kappa shape index (κ1) is 16.8. The molecule has 0 N–H and O–H groups in total. The van der Waals surface area contributed by atoms with Gasteiger partial charge < -0.3 is 9.64 Å². The molecule has 0 spiro atoms. The van der Waals surface area contributed by atoms with Crippen LogP contribution in [-0.4, -0.2) is 37.4 Å². The van der Waals surface area contributed by atoms with E-state index in [1.165, 1.54) is 4.90 Å². The molecule has 0 fully saturated rings. The Morgan fingerprint density at radius 2 is 1.60 bits per heavy atom. The second kappa shape index (κ2) is 6.81. The van der Waals surface area contributed by atoms with E-state index in [-0.39, 0.29) is 11.8 Å². The molecule has 0 saturated carbocycles. The van der Waals surface area contributed by atoms with E-state index in [4.69, 9.17) is 4.74 Å². The molecule has 128 valence electrons. The first-order valence-electron chi connectivity index (χ1n) is 8.12. The quantitative estimate of drug-likeness (QED) is 0.788. The fraction of sp³-hybridized carbons (Fsp3) is 0.200. The average Bonchev–Trinajstić information content (AvgIpc) is 2.91. The summed E-state index contributed by atoms with van der Waals surface area (Å²) in [7, 11) is 3.39. The van der Waals surface area contributed by atoms with Crippen LogP contribution in [0.2, 0.25) is 0 Å². The molecule has 2 amide bonds. The number of hydrogen-bond acceptors (Lipinski definition) is 4. The average molecular weight is 336 g/mol. The van der Waals surface area contributed by atoms with Gasteiger partial charge in [-0.3, -0.25) is 14.5 Å². The Kier molecular flexibility index (Phi) is 4.57. The number of rotatable bonds is 5. The molecule has 0 atom stereocenters. The van der Waals surface area contributed by atoms with E-state index >= 15 is 0 Å². The van der Waals surface area contributed by atoms with E-state index in [1.807, 2.05) is 30.3 Å². The Hall–Kier alpha value is -3.08. The van der Waals surface area contributed by atoms with Gasteiger partial charge in [-0.05, 0) is 36.8 Å². The molecule has 0 unspecified atom stereocenters. The van der Waals surface area contributed by atoms with Crippen molar-refractivity contribution in [3.05, 3.63) is 65.9 Å². The SMILES string of the molecule is CCN1C(=O)C(c2ccc(OC)cc2)=C(N(C)c2ccccc2)C1=O. The largest absolute Gasteiger partial charge is 0.497 e. The van der Waals surface area contributed by atoms with Crippen LogP contribution in [0.25, 0.3) is 5.57 Å². The molecule has 25 heavy (non-hydrogen) atoms. The molecule has 0 saturated heterocycles. The fourth-order valence-corrected chi connectivity index (χ4v) is 2.96. The molecule has 5 nitrogen and oxygen atoms in total. The first-order chi connectivity index (χ1) is 12.1. The van der Waals surface area contributed by atoms with Gasteiger partial charge in [0.05, 0.1) is 12.7 Å². The van der Waals surface area contributed by atoms with E-state index in [0.29, 0.717) is 29.1 Å². The van der Waals surface area contributed by atoms with Crippen LogP contribution in [0.5, 0.6) is 5.75 Å². The van der Waals surface area contributed by atoms with Crippen molar-refractivity contribution in [2.75, 3.05) is 25.6 Å². The highest BCUT2D eigenvalue weighted by Crippen LogP contribution is 2.33. The lowest BCUT2D eigenvalue weighted by molar-refractivity contribution is -0.136. The number of ether oxygens (including phenoxy) is 1. The Labute approximate surface area is 147 Å². The number of likely N-dealkylation sites (N-methyl/N-ethyl adjacent to an activating group) is 2. The van der Waals surface area contributed by atoms with E-state index in [0.717, 1.165) is 5.69 Å². The minimum Gasteiger partial charge on any atom is -0.497 e. The van der Waals surface area contributed by atoms with Crippen molar-refractivity contribution in [1.29, 1.82) is 0 Å². The summed E-state index contributed by atoms with van der Waals surface area (Å²) in [4.78, 5) is 28.7. The summed E-state index contributed by atoms with van der Waals surface area (Å²) in [5, 5.41) is 0.